The third kappa shape index (κ3) is 5.59. The van der Waals surface area contributed by atoms with Gasteiger partial charge in [-0.25, -0.2) is 17.8 Å². The van der Waals surface area contributed by atoms with Crippen LogP contribution in [0.5, 0.6) is 0 Å². The number of nitrogens with one attached hydrogen (secondary N) is 1. The Morgan fingerprint density at radius 2 is 2.14 bits per heavy atom. The maximum absolute atomic E-state index is 12.0. The van der Waals surface area contributed by atoms with Gasteiger partial charge in [0.1, 0.15) is 0 Å². The molecule has 0 aliphatic carbocycles. The first kappa shape index (κ1) is 21.8. The molecule has 8 nitrogen and oxygen atoms in total. The first-order valence-corrected chi connectivity index (χ1v) is 11.9. The zero-order chi connectivity index (χ0) is 20.9. The summed E-state index contributed by atoms with van der Waals surface area (Å²) in [7, 11) is -3.17. The van der Waals surface area contributed by atoms with E-state index >= 15 is 0 Å². The predicted octanol–water partition coefficient (Wildman–Crippen LogP) is 2.41. The van der Waals surface area contributed by atoms with Crippen LogP contribution in [0.1, 0.15) is 26.2 Å². The van der Waals surface area contributed by atoms with E-state index in [0.717, 1.165) is 37.3 Å². The Labute approximate surface area is 177 Å². The molecule has 1 saturated heterocycles. The van der Waals surface area contributed by atoms with Crippen molar-refractivity contribution < 1.29 is 8.42 Å². The average Bonchev–Trinajstić information content (AvgIpc) is 3.00. The second-order valence-corrected chi connectivity index (χ2v) is 9.46. The highest BCUT2D eigenvalue weighted by atomic mass is 32.2. The van der Waals surface area contributed by atoms with Gasteiger partial charge >= 0.3 is 0 Å². The summed E-state index contributed by atoms with van der Waals surface area (Å²) >= 11 is 5.65. The highest BCUT2D eigenvalue weighted by Crippen LogP contribution is 2.19. The second kappa shape index (κ2) is 9.75. The summed E-state index contributed by atoms with van der Waals surface area (Å²) < 4.78 is 31.2. The van der Waals surface area contributed by atoms with E-state index in [1.807, 2.05) is 28.3 Å². The smallest absolute Gasteiger partial charge is 0.211 e. The number of hydrogen-bond acceptors (Lipinski definition) is 6. The lowest BCUT2D eigenvalue weighted by Gasteiger charge is -2.31. The summed E-state index contributed by atoms with van der Waals surface area (Å²) in [6, 6.07) is 3.84. The molecular formula is C19H28N6O2S2. The van der Waals surface area contributed by atoms with Crippen molar-refractivity contribution in [2.45, 2.75) is 45.4 Å². The monoisotopic (exact) mass is 436 g/mol. The highest BCUT2D eigenvalue weighted by molar-refractivity contribution is 7.89. The van der Waals surface area contributed by atoms with Crippen LogP contribution in [0, 0.1) is 4.77 Å². The molecule has 3 rings (SSSR count). The van der Waals surface area contributed by atoms with Crippen LogP contribution in [-0.2, 0) is 23.2 Å². The van der Waals surface area contributed by atoms with Gasteiger partial charge in [-0.1, -0.05) is 13.0 Å². The van der Waals surface area contributed by atoms with Gasteiger partial charge in [-0.2, -0.15) is 5.10 Å². The molecule has 1 N–H and O–H groups in total. The van der Waals surface area contributed by atoms with Crippen molar-refractivity contribution in [3.63, 3.8) is 0 Å². The minimum Gasteiger partial charge on any atom is -0.296 e. The van der Waals surface area contributed by atoms with E-state index in [1.165, 1.54) is 0 Å². The number of hydrogen-bond donors (Lipinski definition) is 1. The summed E-state index contributed by atoms with van der Waals surface area (Å²) in [5.41, 5.74) is 0.906. The van der Waals surface area contributed by atoms with Crippen LogP contribution in [0.3, 0.4) is 0 Å². The standard InChI is InChI=1S/C19H28N6O2S2/c1-3-10-24-18(16-6-5-9-20-14-16)21-25(19(24)28)15-23-11-7-17(8-12-23)22-29(26,27)13-4-2/h3,5-6,9,14,17,22H,1,4,7-8,10-13,15H2,2H3. The Morgan fingerprint density at radius 1 is 1.38 bits per heavy atom. The number of likely N-dealkylation sites (tertiary alicyclic amines) is 1. The molecule has 158 valence electrons. The van der Waals surface area contributed by atoms with Crippen LogP contribution in [0.4, 0.5) is 0 Å². The molecule has 0 bridgehead atoms. The van der Waals surface area contributed by atoms with Crippen LogP contribution in [-0.4, -0.2) is 57.5 Å². The van der Waals surface area contributed by atoms with Crippen LogP contribution < -0.4 is 4.72 Å². The van der Waals surface area contributed by atoms with Crippen molar-refractivity contribution in [3.8, 4) is 11.4 Å². The number of allylic oxidation sites excluding steroid dienone is 1. The maximum atomic E-state index is 12.0. The lowest BCUT2D eigenvalue weighted by Crippen LogP contribution is -2.45. The molecule has 10 heteroatoms. The quantitative estimate of drug-likeness (QED) is 0.480. The molecule has 29 heavy (non-hydrogen) atoms. The van der Waals surface area contributed by atoms with Gasteiger partial charge in [0.2, 0.25) is 10.0 Å². The van der Waals surface area contributed by atoms with E-state index in [2.05, 4.69) is 21.2 Å². The van der Waals surface area contributed by atoms with Crippen LogP contribution >= 0.6 is 12.2 Å². The molecule has 3 heterocycles. The fourth-order valence-electron chi connectivity index (χ4n) is 3.50. The fraction of sp³-hybridized carbons (Fsp3) is 0.526. The van der Waals surface area contributed by atoms with Crippen molar-refractivity contribution in [2.75, 3.05) is 18.8 Å². The Balaban J connectivity index is 1.69. The third-order valence-corrected chi connectivity index (χ3v) is 6.96. The van der Waals surface area contributed by atoms with Crippen molar-refractivity contribution in [3.05, 3.63) is 42.0 Å². The highest BCUT2D eigenvalue weighted by Gasteiger charge is 2.24. The predicted molar refractivity (Wildman–Crippen MR) is 116 cm³/mol. The van der Waals surface area contributed by atoms with Crippen molar-refractivity contribution in [1.82, 2.24) is 29.0 Å². The molecule has 0 spiro atoms. The minimum atomic E-state index is -3.17. The molecule has 0 aromatic carbocycles. The Morgan fingerprint density at radius 3 is 2.76 bits per heavy atom. The van der Waals surface area contributed by atoms with Gasteiger partial charge in [0.05, 0.1) is 12.4 Å². The molecule has 2 aromatic heterocycles. The molecular weight excluding hydrogens is 408 g/mol. The van der Waals surface area contributed by atoms with E-state index in [0.29, 0.717) is 24.4 Å². The first-order chi connectivity index (χ1) is 13.9. The van der Waals surface area contributed by atoms with Crippen LogP contribution in [0.25, 0.3) is 11.4 Å². The molecule has 1 aliphatic heterocycles. The molecule has 0 unspecified atom stereocenters. The fourth-order valence-corrected chi connectivity index (χ4v) is 5.16. The topological polar surface area (TPSA) is 85.1 Å². The number of rotatable bonds is 9. The molecule has 0 radical (unpaired) electrons. The SMILES string of the molecule is C=CCn1c(-c2cccnc2)nn(CN2CCC(NS(=O)(=O)CCC)CC2)c1=S. The number of aromatic nitrogens is 4. The lowest BCUT2D eigenvalue weighted by atomic mass is 10.1. The molecule has 0 saturated carbocycles. The van der Waals surface area contributed by atoms with Gasteiger partial charge in [-0.05, 0) is 43.6 Å². The third-order valence-electron chi connectivity index (χ3n) is 4.89. The summed E-state index contributed by atoms with van der Waals surface area (Å²) in [5.74, 6) is 0.950. The van der Waals surface area contributed by atoms with Gasteiger partial charge in [-0.15, -0.1) is 6.58 Å². The average molecular weight is 437 g/mol. The van der Waals surface area contributed by atoms with E-state index in [4.69, 9.17) is 17.3 Å². The molecule has 0 atom stereocenters. The van der Waals surface area contributed by atoms with Gasteiger partial charge in [-0.3, -0.25) is 14.5 Å². The number of sulfonamides is 1. The molecule has 2 aromatic rings. The van der Waals surface area contributed by atoms with E-state index in [1.54, 1.807) is 18.5 Å². The van der Waals surface area contributed by atoms with Gasteiger partial charge in [0.25, 0.3) is 0 Å². The minimum absolute atomic E-state index is 0.0000456. The largest absolute Gasteiger partial charge is 0.296 e. The van der Waals surface area contributed by atoms with Crippen molar-refractivity contribution in [2.24, 2.45) is 0 Å². The Hall–Kier alpha value is -1.88. The Kier molecular flexibility index (Phi) is 7.33. The second-order valence-electron chi connectivity index (χ2n) is 7.22. The van der Waals surface area contributed by atoms with Crippen LogP contribution in [0.2, 0.25) is 0 Å². The number of nitrogens with zero attached hydrogens (tertiary/aromatic N) is 5. The zero-order valence-electron chi connectivity index (χ0n) is 16.7. The maximum Gasteiger partial charge on any atom is 0.211 e. The summed E-state index contributed by atoms with van der Waals surface area (Å²) in [6.07, 6.45) is 7.48. The van der Waals surface area contributed by atoms with Crippen molar-refractivity contribution >= 4 is 22.2 Å². The first-order valence-electron chi connectivity index (χ1n) is 9.85. The van der Waals surface area contributed by atoms with Crippen molar-refractivity contribution in [1.29, 1.82) is 0 Å². The molecule has 1 fully saturated rings. The number of pyridine rings is 1. The normalized spacial score (nSPS) is 16.2. The lowest BCUT2D eigenvalue weighted by molar-refractivity contribution is 0.157. The van der Waals surface area contributed by atoms with Gasteiger partial charge < -0.3 is 0 Å². The summed E-state index contributed by atoms with van der Waals surface area (Å²) in [6.45, 7) is 8.42. The summed E-state index contributed by atoms with van der Waals surface area (Å²) in [5, 5.41) is 4.73. The zero-order valence-corrected chi connectivity index (χ0v) is 18.3. The van der Waals surface area contributed by atoms with E-state index in [9.17, 15) is 8.42 Å². The Bertz CT molecular complexity index is 976. The van der Waals surface area contributed by atoms with Gasteiger partial charge in [0, 0.05) is 43.6 Å². The van der Waals surface area contributed by atoms with Gasteiger partial charge in [0.15, 0.2) is 10.6 Å². The molecule has 1 aliphatic rings. The van der Waals surface area contributed by atoms with E-state index < -0.39 is 10.0 Å². The van der Waals surface area contributed by atoms with Crippen LogP contribution in [0.15, 0.2) is 37.2 Å². The number of piperidine rings is 1. The van der Waals surface area contributed by atoms with E-state index in [-0.39, 0.29) is 11.8 Å². The molecule has 0 amide bonds. The summed E-state index contributed by atoms with van der Waals surface area (Å²) in [4.78, 5) is 6.43.